The van der Waals surface area contributed by atoms with E-state index in [4.69, 9.17) is 5.73 Å². The van der Waals surface area contributed by atoms with Crippen molar-refractivity contribution in [2.45, 2.75) is 24.9 Å². The van der Waals surface area contributed by atoms with Gasteiger partial charge in [0.15, 0.2) is 0 Å². The maximum Gasteiger partial charge on any atom is 0.0455 e. The molecule has 3 nitrogen and oxygen atoms in total. The summed E-state index contributed by atoms with van der Waals surface area (Å²) < 4.78 is 0. The summed E-state index contributed by atoms with van der Waals surface area (Å²) in [6.45, 7) is 0. The molecule has 0 atom stereocenters. The van der Waals surface area contributed by atoms with Crippen molar-refractivity contribution in [3.63, 3.8) is 0 Å². The van der Waals surface area contributed by atoms with Crippen LogP contribution >= 0.6 is 0 Å². The molecule has 1 saturated carbocycles. The number of nitrogens with two attached hydrogens (primary N) is 1. The summed E-state index contributed by atoms with van der Waals surface area (Å²) in [5.74, 6) is 0. The van der Waals surface area contributed by atoms with Gasteiger partial charge in [-0.1, -0.05) is 0 Å². The number of aromatic nitrogens is 1. The first-order valence-electron chi connectivity index (χ1n) is 5.40. The minimum absolute atomic E-state index is 0.401. The third-order valence-electron chi connectivity index (χ3n) is 3.10. The van der Waals surface area contributed by atoms with E-state index in [2.05, 4.69) is 34.6 Å². The summed E-state index contributed by atoms with van der Waals surface area (Å²) in [4.78, 5) is 3.19. The second-order valence-corrected chi connectivity index (χ2v) is 4.35. The molecule has 78 valence electrons. The highest BCUT2D eigenvalue weighted by Crippen LogP contribution is 2.24. The lowest BCUT2D eigenvalue weighted by Gasteiger charge is -2.33. The number of hydrogen-bond donors (Lipinski definition) is 3. The van der Waals surface area contributed by atoms with Crippen LogP contribution in [0.2, 0.25) is 0 Å². The molecule has 2 aromatic rings. The van der Waals surface area contributed by atoms with Gasteiger partial charge in [-0.25, -0.2) is 0 Å². The molecule has 0 unspecified atom stereocenters. The molecule has 0 radical (unpaired) electrons. The number of fused-ring (bicyclic) bond motifs is 1. The molecule has 1 heterocycles. The standard InChI is InChI=1S/C12H15N3/c13-9-6-11(7-9)15-10-1-2-12-8(5-10)3-4-14-12/h1-5,9,11,14-15H,6-7,13H2. The van der Waals surface area contributed by atoms with E-state index in [1.54, 1.807) is 0 Å². The molecule has 15 heavy (non-hydrogen) atoms. The maximum absolute atomic E-state index is 5.75. The Balaban J connectivity index is 1.79. The van der Waals surface area contributed by atoms with Gasteiger partial charge in [0.2, 0.25) is 0 Å². The van der Waals surface area contributed by atoms with Crippen LogP contribution in [0.4, 0.5) is 5.69 Å². The van der Waals surface area contributed by atoms with Crippen LogP contribution < -0.4 is 11.1 Å². The lowest BCUT2D eigenvalue weighted by molar-refractivity contribution is 0.374. The summed E-state index contributed by atoms with van der Waals surface area (Å²) in [5.41, 5.74) is 8.13. The molecule has 1 aliphatic carbocycles. The fourth-order valence-electron chi connectivity index (χ4n) is 2.16. The van der Waals surface area contributed by atoms with E-state index in [9.17, 15) is 0 Å². The first kappa shape index (κ1) is 8.80. The molecule has 0 spiro atoms. The molecule has 1 aliphatic rings. The predicted octanol–water partition coefficient (Wildman–Crippen LogP) is 2.07. The van der Waals surface area contributed by atoms with Crippen LogP contribution in [0.1, 0.15) is 12.8 Å². The van der Waals surface area contributed by atoms with Gasteiger partial charge in [0, 0.05) is 34.9 Å². The normalized spacial score (nSPS) is 25.1. The summed E-state index contributed by atoms with van der Waals surface area (Å²) in [7, 11) is 0. The monoisotopic (exact) mass is 201 g/mol. The Morgan fingerprint density at radius 3 is 2.93 bits per heavy atom. The first-order chi connectivity index (χ1) is 7.31. The predicted molar refractivity (Wildman–Crippen MR) is 62.9 cm³/mol. The van der Waals surface area contributed by atoms with Gasteiger partial charge in [-0.05, 0) is 37.1 Å². The third kappa shape index (κ3) is 1.59. The van der Waals surface area contributed by atoms with Gasteiger partial charge in [0.05, 0.1) is 0 Å². The molecule has 3 heteroatoms. The molecule has 0 bridgehead atoms. The second-order valence-electron chi connectivity index (χ2n) is 4.35. The van der Waals surface area contributed by atoms with Crippen LogP contribution in [0.5, 0.6) is 0 Å². The Morgan fingerprint density at radius 2 is 2.13 bits per heavy atom. The smallest absolute Gasteiger partial charge is 0.0455 e. The van der Waals surface area contributed by atoms with Crippen LogP contribution in [0.25, 0.3) is 10.9 Å². The third-order valence-corrected chi connectivity index (χ3v) is 3.10. The molecular formula is C12H15N3. The summed E-state index contributed by atoms with van der Waals surface area (Å²) in [6.07, 6.45) is 4.14. The molecule has 0 saturated heterocycles. The highest BCUT2D eigenvalue weighted by atomic mass is 15.0. The highest BCUT2D eigenvalue weighted by Gasteiger charge is 2.25. The highest BCUT2D eigenvalue weighted by molar-refractivity contribution is 5.83. The molecule has 3 rings (SSSR count). The van der Waals surface area contributed by atoms with Crippen LogP contribution in [-0.2, 0) is 0 Å². The molecular weight excluding hydrogens is 186 g/mol. The Hall–Kier alpha value is -1.48. The molecule has 1 aromatic carbocycles. The van der Waals surface area contributed by atoms with E-state index in [1.165, 1.54) is 16.6 Å². The lowest BCUT2D eigenvalue weighted by Crippen LogP contribution is -2.44. The fourth-order valence-corrected chi connectivity index (χ4v) is 2.16. The van der Waals surface area contributed by atoms with Crippen molar-refractivity contribution < 1.29 is 0 Å². The van der Waals surface area contributed by atoms with Crippen LogP contribution in [-0.4, -0.2) is 17.1 Å². The van der Waals surface area contributed by atoms with Crippen molar-refractivity contribution in [2.24, 2.45) is 5.73 Å². The summed E-state index contributed by atoms with van der Waals surface area (Å²) >= 11 is 0. The Morgan fingerprint density at radius 1 is 1.27 bits per heavy atom. The minimum atomic E-state index is 0.401. The first-order valence-corrected chi connectivity index (χ1v) is 5.40. The fraction of sp³-hybridized carbons (Fsp3) is 0.333. The number of anilines is 1. The number of hydrogen-bond acceptors (Lipinski definition) is 2. The minimum Gasteiger partial charge on any atom is -0.382 e. The van der Waals surface area contributed by atoms with Gasteiger partial charge in [0.25, 0.3) is 0 Å². The van der Waals surface area contributed by atoms with Crippen molar-refractivity contribution in [1.29, 1.82) is 0 Å². The zero-order valence-corrected chi connectivity index (χ0v) is 8.53. The van der Waals surface area contributed by atoms with E-state index in [1.807, 2.05) is 6.20 Å². The van der Waals surface area contributed by atoms with Gasteiger partial charge < -0.3 is 16.0 Å². The summed E-state index contributed by atoms with van der Waals surface area (Å²) in [6, 6.07) is 9.46. The van der Waals surface area contributed by atoms with Crippen LogP contribution in [0, 0.1) is 0 Å². The van der Waals surface area contributed by atoms with E-state index in [0.717, 1.165) is 12.8 Å². The zero-order valence-electron chi connectivity index (χ0n) is 8.53. The molecule has 1 aromatic heterocycles. The average molecular weight is 201 g/mol. The lowest BCUT2D eigenvalue weighted by atomic mass is 9.87. The van der Waals surface area contributed by atoms with Crippen molar-refractivity contribution in [3.05, 3.63) is 30.5 Å². The topological polar surface area (TPSA) is 53.8 Å². The SMILES string of the molecule is NC1CC(Nc2ccc3[nH]ccc3c2)C1. The van der Waals surface area contributed by atoms with Crippen molar-refractivity contribution >= 4 is 16.6 Å². The number of benzene rings is 1. The number of nitrogens with one attached hydrogen (secondary N) is 2. The van der Waals surface area contributed by atoms with Gasteiger partial charge in [-0.2, -0.15) is 0 Å². The van der Waals surface area contributed by atoms with Crippen molar-refractivity contribution in [1.82, 2.24) is 4.98 Å². The van der Waals surface area contributed by atoms with Gasteiger partial charge in [0.1, 0.15) is 0 Å². The second kappa shape index (κ2) is 3.28. The summed E-state index contributed by atoms with van der Waals surface area (Å²) in [5, 5.41) is 4.75. The van der Waals surface area contributed by atoms with E-state index in [-0.39, 0.29) is 0 Å². The number of H-pyrrole nitrogens is 1. The largest absolute Gasteiger partial charge is 0.382 e. The number of aromatic amines is 1. The van der Waals surface area contributed by atoms with Gasteiger partial charge >= 0.3 is 0 Å². The quantitative estimate of drug-likeness (QED) is 0.696. The maximum atomic E-state index is 5.75. The Labute approximate surface area is 88.7 Å². The average Bonchev–Trinajstić information content (AvgIpc) is 2.62. The van der Waals surface area contributed by atoms with Crippen molar-refractivity contribution in [2.75, 3.05) is 5.32 Å². The van der Waals surface area contributed by atoms with Gasteiger partial charge in [-0.3, -0.25) is 0 Å². The zero-order chi connectivity index (χ0) is 10.3. The van der Waals surface area contributed by atoms with E-state index in [0.29, 0.717) is 12.1 Å². The van der Waals surface area contributed by atoms with Gasteiger partial charge in [-0.15, -0.1) is 0 Å². The number of rotatable bonds is 2. The van der Waals surface area contributed by atoms with Crippen LogP contribution in [0.3, 0.4) is 0 Å². The Kier molecular flexibility index (Phi) is 1.92. The molecule has 1 fully saturated rings. The Bertz CT molecular complexity index is 468. The van der Waals surface area contributed by atoms with Crippen LogP contribution in [0.15, 0.2) is 30.5 Å². The van der Waals surface area contributed by atoms with E-state index >= 15 is 0 Å². The van der Waals surface area contributed by atoms with Crippen molar-refractivity contribution in [3.8, 4) is 0 Å². The molecule has 0 aliphatic heterocycles. The molecule has 4 N–H and O–H groups in total. The molecule has 0 amide bonds. The van der Waals surface area contributed by atoms with E-state index < -0.39 is 0 Å².